The van der Waals surface area contributed by atoms with Crippen molar-refractivity contribution >= 4 is 5.91 Å². The second-order valence-corrected chi connectivity index (χ2v) is 10.9. The van der Waals surface area contributed by atoms with Crippen LogP contribution in [0.25, 0.3) is 0 Å². The molecule has 0 radical (unpaired) electrons. The topological polar surface area (TPSA) is 46.5 Å². The molecule has 0 bridgehead atoms. The summed E-state index contributed by atoms with van der Waals surface area (Å²) in [4.78, 5) is 15.4. The number of hydrogen-bond acceptors (Lipinski definition) is 3. The Labute approximate surface area is 192 Å². The summed E-state index contributed by atoms with van der Waals surface area (Å²) >= 11 is 0. The average molecular weight is 436 g/mol. The molecule has 2 fully saturated rings. The molecular weight excluding hydrogens is 398 g/mol. The predicted molar refractivity (Wildman–Crippen MR) is 127 cm³/mol. The van der Waals surface area contributed by atoms with Crippen LogP contribution in [-0.4, -0.2) is 41.6 Å². The van der Waals surface area contributed by atoms with Crippen molar-refractivity contribution in [1.29, 1.82) is 0 Å². The molecule has 1 aromatic carbocycles. The molecule has 1 saturated heterocycles. The monoisotopic (exact) mass is 435 g/mol. The van der Waals surface area contributed by atoms with Crippen LogP contribution in [0.1, 0.15) is 87.0 Å². The number of amides is 1. The molecule has 2 aliphatic heterocycles. The zero-order chi connectivity index (χ0) is 22.5. The number of nitrogens with one attached hydrogen (secondary N) is 1. The maximum atomic E-state index is 13.4. The van der Waals surface area contributed by atoms with Gasteiger partial charge in [-0.05, 0) is 60.9 Å². The minimum atomic E-state index is -0.0248. The lowest BCUT2D eigenvalue weighted by molar-refractivity contribution is 0.0512. The van der Waals surface area contributed by atoms with Crippen LogP contribution in [-0.2, 0) is 11.0 Å². The van der Waals surface area contributed by atoms with Crippen molar-refractivity contribution in [2.24, 2.45) is 0 Å². The number of ether oxygens (including phenoxy) is 1. The van der Waals surface area contributed by atoms with Gasteiger partial charge in [0.15, 0.2) is 0 Å². The van der Waals surface area contributed by atoms with Crippen molar-refractivity contribution in [2.45, 2.75) is 82.3 Å². The highest BCUT2D eigenvalue weighted by Gasteiger charge is 2.46. The van der Waals surface area contributed by atoms with Gasteiger partial charge in [0, 0.05) is 42.6 Å². The molecule has 1 amide bonds. The maximum absolute atomic E-state index is 13.4. The van der Waals surface area contributed by atoms with Crippen LogP contribution < -0.4 is 10.1 Å². The van der Waals surface area contributed by atoms with E-state index in [-0.39, 0.29) is 16.9 Å². The maximum Gasteiger partial charge on any atom is 0.253 e. The molecule has 2 unspecified atom stereocenters. The van der Waals surface area contributed by atoms with E-state index in [0.717, 1.165) is 42.8 Å². The Kier molecular flexibility index (Phi) is 5.36. The number of nitrogens with zero attached hydrogens (tertiary/aromatic N) is 2. The molecular formula is C27H37N3O2. The number of carbonyl (C=O) groups is 1. The molecule has 5 heteroatoms. The number of piperidine rings is 1. The minimum absolute atomic E-state index is 0.00737. The van der Waals surface area contributed by atoms with Gasteiger partial charge in [-0.25, -0.2) is 0 Å². The largest absolute Gasteiger partial charge is 0.496 e. The van der Waals surface area contributed by atoms with Gasteiger partial charge in [-0.15, -0.1) is 0 Å². The van der Waals surface area contributed by atoms with Crippen molar-refractivity contribution in [2.75, 3.05) is 20.2 Å². The molecule has 5 rings (SSSR count). The summed E-state index contributed by atoms with van der Waals surface area (Å²) in [6.45, 7) is 8.05. The molecule has 2 aromatic rings. The Morgan fingerprint density at radius 2 is 1.88 bits per heavy atom. The van der Waals surface area contributed by atoms with E-state index in [2.05, 4.69) is 55.1 Å². The zero-order valence-corrected chi connectivity index (χ0v) is 20.0. The molecule has 3 aliphatic rings. The molecule has 172 valence electrons. The Bertz CT molecular complexity index is 995. The molecule has 3 heterocycles. The van der Waals surface area contributed by atoms with E-state index in [1.54, 1.807) is 7.11 Å². The third kappa shape index (κ3) is 3.55. The molecule has 1 saturated carbocycles. The van der Waals surface area contributed by atoms with Crippen molar-refractivity contribution in [1.82, 2.24) is 14.8 Å². The van der Waals surface area contributed by atoms with Crippen LogP contribution in [0.4, 0.5) is 0 Å². The summed E-state index contributed by atoms with van der Waals surface area (Å²) in [5.74, 6) is 0.910. The number of fused-ring (bicyclic) bond motifs is 4. The summed E-state index contributed by atoms with van der Waals surface area (Å²) in [5.41, 5.74) is 3.24. The SMILES string of the molecule is COc1cc(C(=O)N2CCC3(CC2)NC2CCCCC2n2cccc23)ccc1C(C)(C)C. The summed E-state index contributed by atoms with van der Waals surface area (Å²) < 4.78 is 8.19. The minimum Gasteiger partial charge on any atom is -0.496 e. The highest BCUT2D eigenvalue weighted by atomic mass is 16.5. The lowest BCUT2D eigenvalue weighted by Gasteiger charge is -2.52. The second kappa shape index (κ2) is 7.95. The number of benzene rings is 1. The Hall–Kier alpha value is -2.27. The first-order valence-electron chi connectivity index (χ1n) is 12.3. The van der Waals surface area contributed by atoms with E-state index in [1.165, 1.54) is 31.4 Å². The summed E-state index contributed by atoms with van der Waals surface area (Å²) in [6.07, 6.45) is 9.37. The van der Waals surface area contributed by atoms with E-state index in [9.17, 15) is 4.79 Å². The normalized spacial score (nSPS) is 24.7. The quantitative estimate of drug-likeness (QED) is 0.721. The van der Waals surface area contributed by atoms with Crippen molar-refractivity contribution in [3.8, 4) is 5.75 Å². The van der Waals surface area contributed by atoms with Crippen LogP contribution >= 0.6 is 0 Å². The van der Waals surface area contributed by atoms with Crippen molar-refractivity contribution in [3.63, 3.8) is 0 Å². The van der Waals surface area contributed by atoms with E-state index >= 15 is 0 Å². The molecule has 1 N–H and O–H groups in total. The van der Waals surface area contributed by atoms with Crippen LogP contribution in [0.3, 0.4) is 0 Å². The third-order valence-electron chi connectivity index (χ3n) is 7.98. The van der Waals surface area contributed by atoms with E-state index < -0.39 is 0 Å². The smallest absolute Gasteiger partial charge is 0.253 e. The fraction of sp³-hybridized carbons (Fsp3) is 0.593. The number of hydrogen-bond donors (Lipinski definition) is 1. The van der Waals surface area contributed by atoms with E-state index in [4.69, 9.17) is 4.74 Å². The molecule has 5 nitrogen and oxygen atoms in total. The zero-order valence-electron chi connectivity index (χ0n) is 20.0. The van der Waals surface area contributed by atoms with Gasteiger partial charge >= 0.3 is 0 Å². The Morgan fingerprint density at radius 1 is 1.12 bits per heavy atom. The molecule has 1 spiro atoms. The van der Waals surface area contributed by atoms with Gasteiger partial charge in [0.1, 0.15) is 5.75 Å². The first-order chi connectivity index (χ1) is 15.3. The molecule has 1 aromatic heterocycles. The van der Waals surface area contributed by atoms with Gasteiger partial charge in [0.2, 0.25) is 0 Å². The Balaban J connectivity index is 1.34. The van der Waals surface area contributed by atoms with E-state index in [1.807, 2.05) is 17.0 Å². The van der Waals surface area contributed by atoms with Crippen LogP contribution in [0.2, 0.25) is 0 Å². The van der Waals surface area contributed by atoms with Crippen LogP contribution in [0.5, 0.6) is 5.75 Å². The molecule has 2 atom stereocenters. The number of aromatic nitrogens is 1. The highest BCUT2D eigenvalue weighted by molar-refractivity contribution is 5.95. The first-order valence-corrected chi connectivity index (χ1v) is 12.3. The number of rotatable bonds is 2. The van der Waals surface area contributed by atoms with E-state index in [0.29, 0.717) is 12.1 Å². The summed E-state index contributed by atoms with van der Waals surface area (Å²) in [5, 5.41) is 4.08. The summed E-state index contributed by atoms with van der Waals surface area (Å²) in [6, 6.07) is 11.6. The van der Waals surface area contributed by atoms with Gasteiger partial charge in [-0.1, -0.05) is 39.7 Å². The fourth-order valence-electron chi connectivity index (χ4n) is 6.25. The molecule has 32 heavy (non-hydrogen) atoms. The number of likely N-dealkylation sites (tertiary alicyclic amines) is 1. The fourth-order valence-corrected chi connectivity index (χ4v) is 6.25. The van der Waals surface area contributed by atoms with Crippen LogP contribution in [0, 0.1) is 0 Å². The second-order valence-electron chi connectivity index (χ2n) is 10.9. The lowest BCUT2D eigenvalue weighted by atomic mass is 9.77. The van der Waals surface area contributed by atoms with Crippen molar-refractivity contribution in [3.05, 3.63) is 53.3 Å². The van der Waals surface area contributed by atoms with Gasteiger partial charge in [-0.2, -0.15) is 0 Å². The van der Waals surface area contributed by atoms with Gasteiger partial charge in [-0.3, -0.25) is 4.79 Å². The Morgan fingerprint density at radius 3 is 2.59 bits per heavy atom. The average Bonchev–Trinajstić information content (AvgIpc) is 3.30. The molecule has 1 aliphatic carbocycles. The van der Waals surface area contributed by atoms with Gasteiger partial charge in [0.25, 0.3) is 5.91 Å². The first kappa shape index (κ1) is 21.6. The number of carbonyl (C=O) groups excluding carboxylic acids is 1. The summed E-state index contributed by atoms with van der Waals surface area (Å²) in [7, 11) is 1.69. The lowest BCUT2D eigenvalue weighted by Crippen LogP contribution is -2.61. The highest BCUT2D eigenvalue weighted by Crippen LogP contribution is 2.44. The van der Waals surface area contributed by atoms with Gasteiger partial charge in [0.05, 0.1) is 12.6 Å². The number of methoxy groups -OCH3 is 1. The van der Waals surface area contributed by atoms with Crippen molar-refractivity contribution < 1.29 is 9.53 Å². The van der Waals surface area contributed by atoms with Crippen LogP contribution in [0.15, 0.2) is 36.5 Å². The van der Waals surface area contributed by atoms with Gasteiger partial charge < -0.3 is 19.5 Å². The standard InChI is InChI=1S/C27H37N3O2/c1-26(2,3)20-12-11-19(18-23(20)32-4)25(31)29-16-13-27(14-17-29)24-10-7-15-30(24)22-9-6-5-8-21(22)28-27/h7,10-12,15,18,21-22,28H,5-6,8-9,13-14,16-17H2,1-4H3. The predicted octanol–water partition coefficient (Wildman–Crippen LogP) is 5.01. The third-order valence-corrected chi connectivity index (χ3v) is 7.98.